The van der Waals surface area contributed by atoms with Crippen molar-refractivity contribution in [1.82, 2.24) is 0 Å². The molecule has 0 amide bonds. The summed E-state index contributed by atoms with van der Waals surface area (Å²) in [5.41, 5.74) is 19.2. The van der Waals surface area contributed by atoms with Gasteiger partial charge in [-0.05, 0) is 116 Å². The number of nitrogens with zero attached hydrogens (tertiary/aromatic N) is 1. The molecule has 9 aromatic carbocycles. The molecule has 0 radical (unpaired) electrons. The summed E-state index contributed by atoms with van der Waals surface area (Å²) in [6.45, 7) is 0. The maximum absolute atomic E-state index is 6.88. The van der Waals surface area contributed by atoms with Crippen molar-refractivity contribution in [2.45, 2.75) is 5.41 Å². The third-order valence-corrected chi connectivity index (χ3v) is 12.6. The van der Waals surface area contributed by atoms with E-state index in [0.717, 1.165) is 55.2 Å². The van der Waals surface area contributed by atoms with Crippen molar-refractivity contribution < 1.29 is 4.42 Å². The lowest BCUT2D eigenvalue weighted by atomic mass is 9.70. The van der Waals surface area contributed by atoms with Crippen LogP contribution in [0.3, 0.4) is 0 Å². The second-order valence-corrected chi connectivity index (χ2v) is 15.8. The van der Waals surface area contributed by atoms with Gasteiger partial charge in [-0.1, -0.05) is 163 Å². The average Bonchev–Trinajstić information content (AvgIpc) is 3.91. The molecule has 0 saturated carbocycles. The summed E-state index contributed by atoms with van der Waals surface area (Å²) < 4.78 is 6.45. The quantitative estimate of drug-likeness (QED) is 0.174. The fourth-order valence-electron chi connectivity index (χ4n) is 9.89. The van der Waals surface area contributed by atoms with Crippen LogP contribution in [-0.4, -0.2) is 0 Å². The minimum Gasteiger partial charge on any atom is -0.455 e. The zero-order valence-corrected chi connectivity index (χ0v) is 32.1. The SMILES string of the molecule is Clc1ccc2c(c1)C1(c3ccccc3-c3ccccc31)c1ccc(N(c3ccc(-c4ccccc4)cc3)c3ccc(-c4cccc5c4oc4ccccc45)cc3)cc1-2. The summed E-state index contributed by atoms with van der Waals surface area (Å²) in [6, 6.07) is 74.3. The first kappa shape index (κ1) is 33.1. The molecule has 0 fully saturated rings. The van der Waals surface area contributed by atoms with Crippen molar-refractivity contribution in [2.75, 3.05) is 4.90 Å². The molecule has 0 aliphatic heterocycles. The molecule has 0 saturated heterocycles. The molecule has 0 bridgehead atoms. The molecule has 1 spiro atoms. The summed E-state index contributed by atoms with van der Waals surface area (Å²) >= 11 is 6.88. The number of rotatable bonds is 5. The van der Waals surface area contributed by atoms with Gasteiger partial charge in [-0.3, -0.25) is 0 Å². The van der Waals surface area contributed by atoms with Crippen LogP contribution in [0.1, 0.15) is 22.3 Å². The molecule has 1 heterocycles. The molecule has 2 aliphatic carbocycles. The molecule has 2 aliphatic rings. The van der Waals surface area contributed by atoms with Gasteiger partial charge in [0.1, 0.15) is 11.2 Å². The van der Waals surface area contributed by atoms with Gasteiger partial charge in [0.25, 0.3) is 0 Å². The highest BCUT2D eigenvalue weighted by Gasteiger charge is 2.51. The van der Waals surface area contributed by atoms with E-state index in [-0.39, 0.29) is 0 Å². The molecule has 0 unspecified atom stereocenters. The molecular formula is C55H34ClNO. The van der Waals surface area contributed by atoms with E-state index in [2.05, 4.69) is 193 Å². The summed E-state index contributed by atoms with van der Waals surface area (Å²) in [6.07, 6.45) is 0. The Bertz CT molecular complexity index is 3190. The molecule has 1 aromatic heterocycles. The minimum atomic E-state index is -0.469. The largest absolute Gasteiger partial charge is 0.455 e. The lowest BCUT2D eigenvalue weighted by Crippen LogP contribution is -2.25. The number of anilines is 3. The first-order valence-corrected chi connectivity index (χ1v) is 20.2. The van der Waals surface area contributed by atoms with Crippen LogP contribution in [0.2, 0.25) is 5.02 Å². The van der Waals surface area contributed by atoms with E-state index in [0.29, 0.717) is 0 Å². The van der Waals surface area contributed by atoms with Crippen LogP contribution in [0.25, 0.3) is 66.4 Å². The van der Waals surface area contributed by atoms with E-state index >= 15 is 0 Å². The standard InChI is InChI=1S/C55H34ClNO/c56-38-25-31-45-48-34-41(30-32-51(48)55(52(45)33-38)49-18-7-4-13-43(49)44-14-5-8-19-50(44)55)57(39-26-21-36(22-27-39)35-11-2-1-3-12-35)40-28-23-37(24-29-40)42-16-10-17-47-46-15-6-9-20-53(46)58-54(42)47/h1-34H. The zero-order valence-electron chi connectivity index (χ0n) is 31.4. The van der Waals surface area contributed by atoms with Crippen molar-refractivity contribution in [3.05, 3.63) is 234 Å². The summed E-state index contributed by atoms with van der Waals surface area (Å²) in [5, 5.41) is 3.00. The summed E-state index contributed by atoms with van der Waals surface area (Å²) in [7, 11) is 0. The smallest absolute Gasteiger partial charge is 0.143 e. The van der Waals surface area contributed by atoms with Gasteiger partial charge in [0.15, 0.2) is 0 Å². The van der Waals surface area contributed by atoms with Gasteiger partial charge in [0.05, 0.1) is 5.41 Å². The molecule has 10 aromatic rings. The average molecular weight is 760 g/mol. The van der Waals surface area contributed by atoms with Crippen molar-refractivity contribution in [2.24, 2.45) is 0 Å². The van der Waals surface area contributed by atoms with Gasteiger partial charge in [-0.15, -0.1) is 0 Å². The van der Waals surface area contributed by atoms with Crippen molar-refractivity contribution in [1.29, 1.82) is 0 Å². The summed E-state index contributed by atoms with van der Waals surface area (Å²) in [4.78, 5) is 2.37. The Kier molecular flexibility index (Phi) is 7.23. The second kappa shape index (κ2) is 12.7. The lowest BCUT2D eigenvalue weighted by Gasteiger charge is -2.31. The van der Waals surface area contributed by atoms with Crippen LogP contribution < -0.4 is 4.90 Å². The van der Waals surface area contributed by atoms with Crippen molar-refractivity contribution in [3.63, 3.8) is 0 Å². The van der Waals surface area contributed by atoms with Crippen LogP contribution in [0.15, 0.2) is 211 Å². The van der Waals surface area contributed by atoms with Gasteiger partial charge >= 0.3 is 0 Å². The predicted octanol–water partition coefficient (Wildman–Crippen LogP) is 15.4. The maximum atomic E-state index is 6.88. The molecule has 12 rings (SSSR count). The molecular weight excluding hydrogens is 726 g/mol. The molecule has 2 nitrogen and oxygen atoms in total. The third-order valence-electron chi connectivity index (χ3n) is 12.4. The van der Waals surface area contributed by atoms with Gasteiger partial charge in [-0.25, -0.2) is 0 Å². The van der Waals surface area contributed by atoms with E-state index in [9.17, 15) is 0 Å². The number of para-hydroxylation sites is 2. The molecule has 272 valence electrons. The number of fused-ring (bicyclic) bond motifs is 13. The van der Waals surface area contributed by atoms with Crippen LogP contribution in [0.5, 0.6) is 0 Å². The predicted molar refractivity (Wildman–Crippen MR) is 241 cm³/mol. The first-order chi connectivity index (χ1) is 28.7. The normalized spacial score (nSPS) is 13.1. The number of hydrogen-bond acceptors (Lipinski definition) is 2. The minimum absolute atomic E-state index is 0.469. The molecule has 0 N–H and O–H groups in total. The van der Waals surface area contributed by atoms with Gasteiger partial charge in [0.2, 0.25) is 0 Å². The van der Waals surface area contributed by atoms with Crippen LogP contribution in [-0.2, 0) is 5.41 Å². The second-order valence-electron chi connectivity index (χ2n) is 15.3. The Hall–Kier alpha value is -7.13. The number of furan rings is 1. The van der Waals surface area contributed by atoms with E-state index in [1.54, 1.807) is 0 Å². The molecule has 58 heavy (non-hydrogen) atoms. The number of hydrogen-bond donors (Lipinski definition) is 0. The van der Waals surface area contributed by atoms with Gasteiger partial charge in [-0.2, -0.15) is 0 Å². The van der Waals surface area contributed by atoms with E-state index in [1.807, 2.05) is 18.2 Å². The Morgan fingerprint density at radius 2 is 0.914 bits per heavy atom. The summed E-state index contributed by atoms with van der Waals surface area (Å²) in [5.74, 6) is 0. The van der Waals surface area contributed by atoms with E-state index < -0.39 is 5.41 Å². The monoisotopic (exact) mass is 759 g/mol. The fraction of sp³-hybridized carbons (Fsp3) is 0.0182. The zero-order chi connectivity index (χ0) is 38.4. The Labute approximate surface area is 341 Å². The highest BCUT2D eigenvalue weighted by atomic mass is 35.5. The topological polar surface area (TPSA) is 16.4 Å². The van der Waals surface area contributed by atoms with Crippen LogP contribution in [0.4, 0.5) is 17.1 Å². The fourth-order valence-corrected chi connectivity index (χ4v) is 10.1. The highest BCUT2D eigenvalue weighted by Crippen LogP contribution is 2.63. The Morgan fingerprint density at radius 3 is 1.66 bits per heavy atom. The molecule has 3 heteroatoms. The van der Waals surface area contributed by atoms with E-state index in [4.69, 9.17) is 16.0 Å². The van der Waals surface area contributed by atoms with Crippen molar-refractivity contribution >= 4 is 50.6 Å². The first-order valence-electron chi connectivity index (χ1n) is 19.8. The Morgan fingerprint density at radius 1 is 0.362 bits per heavy atom. The van der Waals surface area contributed by atoms with Gasteiger partial charge in [0, 0.05) is 38.4 Å². The van der Waals surface area contributed by atoms with Crippen molar-refractivity contribution in [3.8, 4) is 44.5 Å². The molecule has 0 atom stereocenters. The lowest BCUT2D eigenvalue weighted by molar-refractivity contribution is 0.670. The Balaban J connectivity index is 1.04. The van der Waals surface area contributed by atoms with Gasteiger partial charge < -0.3 is 9.32 Å². The van der Waals surface area contributed by atoms with Crippen LogP contribution >= 0.6 is 11.6 Å². The van der Waals surface area contributed by atoms with E-state index in [1.165, 1.54) is 55.6 Å². The number of benzene rings is 9. The highest BCUT2D eigenvalue weighted by molar-refractivity contribution is 6.31. The number of halogens is 1. The third kappa shape index (κ3) is 4.73. The maximum Gasteiger partial charge on any atom is 0.143 e. The van der Waals surface area contributed by atoms with Crippen LogP contribution in [0, 0.1) is 0 Å².